The van der Waals surface area contributed by atoms with Gasteiger partial charge in [0.05, 0.1) is 12.2 Å². The average Bonchev–Trinajstić information content (AvgIpc) is 2.47. The number of piperazine rings is 1. The van der Waals surface area contributed by atoms with Gasteiger partial charge in [0.2, 0.25) is 0 Å². The number of anilines is 1. The van der Waals surface area contributed by atoms with Crippen LogP contribution in [-0.4, -0.2) is 43.2 Å². The molecule has 1 unspecified atom stereocenters. The fourth-order valence-electron chi connectivity index (χ4n) is 2.57. The standard InChI is InChI=1S/C15H20N4O2/c1-4-21-15(20)13-9-17-5-6-19(13)14-12(8-16)10(2)7-11(3)18-14/h7,13,17H,4-6,9H2,1-3H3. The summed E-state index contributed by atoms with van der Waals surface area (Å²) < 4.78 is 5.14. The molecule has 0 spiro atoms. The van der Waals surface area contributed by atoms with Gasteiger partial charge in [0, 0.05) is 25.3 Å². The summed E-state index contributed by atoms with van der Waals surface area (Å²) in [4.78, 5) is 18.5. The van der Waals surface area contributed by atoms with Crippen LogP contribution in [0.15, 0.2) is 6.07 Å². The molecule has 0 radical (unpaired) electrons. The van der Waals surface area contributed by atoms with E-state index < -0.39 is 6.04 Å². The maximum atomic E-state index is 12.1. The van der Waals surface area contributed by atoms with Crippen molar-refractivity contribution in [1.29, 1.82) is 5.26 Å². The first kappa shape index (κ1) is 15.3. The highest BCUT2D eigenvalue weighted by molar-refractivity contribution is 5.81. The van der Waals surface area contributed by atoms with E-state index in [1.54, 1.807) is 6.92 Å². The Bertz CT molecular complexity index is 580. The van der Waals surface area contributed by atoms with Gasteiger partial charge < -0.3 is 15.0 Å². The second kappa shape index (κ2) is 6.55. The van der Waals surface area contributed by atoms with Gasteiger partial charge in [-0.15, -0.1) is 0 Å². The van der Waals surface area contributed by atoms with Crippen molar-refractivity contribution in [2.45, 2.75) is 26.8 Å². The van der Waals surface area contributed by atoms with Gasteiger partial charge >= 0.3 is 5.97 Å². The zero-order valence-electron chi connectivity index (χ0n) is 12.6. The molecule has 2 rings (SSSR count). The molecule has 1 N–H and O–H groups in total. The minimum Gasteiger partial charge on any atom is -0.464 e. The molecule has 0 aromatic carbocycles. The predicted molar refractivity (Wildman–Crippen MR) is 79.1 cm³/mol. The maximum absolute atomic E-state index is 12.1. The van der Waals surface area contributed by atoms with Crippen molar-refractivity contribution in [3.63, 3.8) is 0 Å². The Hall–Kier alpha value is -2.13. The molecule has 1 saturated heterocycles. The Morgan fingerprint density at radius 2 is 2.38 bits per heavy atom. The molecular weight excluding hydrogens is 268 g/mol. The average molecular weight is 288 g/mol. The number of aryl methyl sites for hydroxylation is 2. The van der Waals surface area contributed by atoms with E-state index in [2.05, 4.69) is 16.4 Å². The van der Waals surface area contributed by atoms with Crippen molar-refractivity contribution in [2.24, 2.45) is 0 Å². The van der Waals surface area contributed by atoms with Crippen LogP contribution in [0.4, 0.5) is 5.82 Å². The van der Waals surface area contributed by atoms with E-state index in [0.717, 1.165) is 17.8 Å². The highest BCUT2D eigenvalue weighted by atomic mass is 16.5. The number of nitrogens with one attached hydrogen (secondary N) is 1. The van der Waals surface area contributed by atoms with E-state index >= 15 is 0 Å². The topological polar surface area (TPSA) is 78.2 Å². The van der Waals surface area contributed by atoms with Crippen LogP contribution in [0.25, 0.3) is 0 Å². The number of hydrogen-bond donors (Lipinski definition) is 1. The van der Waals surface area contributed by atoms with Crippen molar-refractivity contribution in [2.75, 3.05) is 31.1 Å². The molecular formula is C15H20N4O2. The van der Waals surface area contributed by atoms with Crippen molar-refractivity contribution >= 4 is 11.8 Å². The summed E-state index contributed by atoms with van der Waals surface area (Å²) >= 11 is 0. The normalized spacial score (nSPS) is 18.2. The molecule has 2 heterocycles. The number of esters is 1. The smallest absolute Gasteiger partial charge is 0.330 e. The van der Waals surface area contributed by atoms with E-state index in [4.69, 9.17) is 4.74 Å². The fraction of sp³-hybridized carbons (Fsp3) is 0.533. The van der Waals surface area contributed by atoms with E-state index in [-0.39, 0.29) is 5.97 Å². The van der Waals surface area contributed by atoms with Gasteiger partial charge in [0.15, 0.2) is 0 Å². The summed E-state index contributed by atoms with van der Waals surface area (Å²) in [6.07, 6.45) is 0. The zero-order valence-corrected chi connectivity index (χ0v) is 12.6. The first-order valence-corrected chi connectivity index (χ1v) is 7.10. The third kappa shape index (κ3) is 3.14. The van der Waals surface area contributed by atoms with Gasteiger partial charge in [-0.05, 0) is 32.4 Å². The molecule has 0 aliphatic carbocycles. The Balaban J connectivity index is 2.42. The number of ether oxygens (including phenoxy) is 1. The monoisotopic (exact) mass is 288 g/mol. The van der Waals surface area contributed by atoms with Crippen LogP contribution < -0.4 is 10.2 Å². The van der Waals surface area contributed by atoms with Crippen LogP contribution in [0, 0.1) is 25.2 Å². The lowest BCUT2D eigenvalue weighted by Crippen LogP contribution is -2.56. The summed E-state index contributed by atoms with van der Waals surface area (Å²) in [6, 6.07) is 3.64. The third-order valence-electron chi connectivity index (χ3n) is 3.51. The molecule has 0 saturated carbocycles. The van der Waals surface area contributed by atoms with Gasteiger partial charge in [-0.1, -0.05) is 0 Å². The van der Waals surface area contributed by atoms with Gasteiger partial charge in [0.25, 0.3) is 0 Å². The second-order valence-electron chi connectivity index (χ2n) is 5.06. The van der Waals surface area contributed by atoms with Crippen LogP contribution in [-0.2, 0) is 9.53 Å². The first-order valence-electron chi connectivity index (χ1n) is 7.10. The summed E-state index contributed by atoms with van der Waals surface area (Å²) in [7, 11) is 0. The molecule has 1 aromatic heterocycles. The fourth-order valence-corrected chi connectivity index (χ4v) is 2.57. The number of carbonyl (C=O) groups is 1. The molecule has 0 bridgehead atoms. The molecule has 6 heteroatoms. The number of nitrogens with zero attached hydrogens (tertiary/aromatic N) is 3. The summed E-state index contributed by atoms with van der Waals surface area (Å²) in [5, 5.41) is 12.6. The molecule has 1 fully saturated rings. The maximum Gasteiger partial charge on any atom is 0.330 e. The van der Waals surface area contributed by atoms with Crippen molar-refractivity contribution in [3.05, 3.63) is 22.9 Å². The second-order valence-corrected chi connectivity index (χ2v) is 5.06. The predicted octanol–water partition coefficient (Wildman–Crippen LogP) is 0.911. The first-order chi connectivity index (χ1) is 10.1. The number of hydrogen-bond acceptors (Lipinski definition) is 6. The molecule has 1 aliphatic heterocycles. The van der Waals surface area contributed by atoms with Gasteiger partial charge in [0.1, 0.15) is 17.9 Å². The SMILES string of the molecule is CCOC(=O)C1CNCCN1c1nc(C)cc(C)c1C#N. The van der Waals surface area contributed by atoms with E-state index in [9.17, 15) is 10.1 Å². The summed E-state index contributed by atoms with van der Waals surface area (Å²) in [6.45, 7) is 7.77. The molecule has 1 aromatic rings. The van der Waals surface area contributed by atoms with E-state index in [1.165, 1.54) is 0 Å². The lowest BCUT2D eigenvalue weighted by atomic mass is 10.1. The minimum atomic E-state index is -0.445. The van der Waals surface area contributed by atoms with Gasteiger partial charge in [-0.2, -0.15) is 5.26 Å². The van der Waals surface area contributed by atoms with Crippen molar-refractivity contribution in [3.8, 4) is 6.07 Å². The Kier molecular flexibility index (Phi) is 4.76. The highest BCUT2D eigenvalue weighted by Gasteiger charge is 2.32. The lowest BCUT2D eigenvalue weighted by Gasteiger charge is -2.36. The van der Waals surface area contributed by atoms with Crippen LogP contribution in [0.5, 0.6) is 0 Å². The highest BCUT2D eigenvalue weighted by Crippen LogP contribution is 2.24. The third-order valence-corrected chi connectivity index (χ3v) is 3.51. The molecule has 6 nitrogen and oxygen atoms in total. The van der Waals surface area contributed by atoms with Crippen LogP contribution in [0.3, 0.4) is 0 Å². The van der Waals surface area contributed by atoms with Gasteiger partial charge in [-0.3, -0.25) is 0 Å². The van der Waals surface area contributed by atoms with Gasteiger partial charge in [-0.25, -0.2) is 9.78 Å². The number of nitriles is 1. The van der Waals surface area contributed by atoms with E-state index in [0.29, 0.717) is 31.1 Å². The zero-order chi connectivity index (χ0) is 15.4. The molecule has 21 heavy (non-hydrogen) atoms. The Labute approximate surface area is 124 Å². The van der Waals surface area contributed by atoms with Crippen LogP contribution in [0.2, 0.25) is 0 Å². The van der Waals surface area contributed by atoms with Crippen LogP contribution >= 0.6 is 0 Å². The largest absolute Gasteiger partial charge is 0.464 e. The van der Waals surface area contributed by atoms with Crippen LogP contribution in [0.1, 0.15) is 23.7 Å². The minimum absolute atomic E-state index is 0.283. The molecule has 0 amide bonds. The van der Waals surface area contributed by atoms with E-state index in [1.807, 2.05) is 24.8 Å². The molecule has 112 valence electrons. The van der Waals surface area contributed by atoms with Crippen molar-refractivity contribution < 1.29 is 9.53 Å². The number of carbonyl (C=O) groups excluding carboxylic acids is 1. The lowest BCUT2D eigenvalue weighted by molar-refractivity contribution is -0.144. The number of pyridine rings is 1. The number of aromatic nitrogens is 1. The molecule has 1 atom stereocenters. The number of rotatable bonds is 3. The Morgan fingerprint density at radius 3 is 3.05 bits per heavy atom. The summed E-state index contributed by atoms with van der Waals surface area (Å²) in [5.74, 6) is 0.295. The Morgan fingerprint density at radius 1 is 1.62 bits per heavy atom. The van der Waals surface area contributed by atoms with Crippen molar-refractivity contribution in [1.82, 2.24) is 10.3 Å². The molecule has 1 aliphatic rings. The summed E-state index contributed by atoms with van der Waals surface area (Å²) in [5.41, 5.74) is 2.24. The quantitative estimate of drug-likeness (QED) is 0.833.